The monoisotopic (exact) mass is 407 g/mol. The standard InChI is InChI=1S/C22H21N3O3S/c1-27-16-7-9-20(28-2)17(13-16)18-8-10-21(24-23-18)29-14-22(26)25-12-11-15-5-3-4-6-19(15)25/h3-10,13H,11-12,14H2,1-2H3. The van der Waals surface area contributed by atoms with Gasteiger partial charge < -0.3 is 14.4 Å². The fourth-order valence-electron chi connectivity index (χ4n) is 3.37. The van der Waals surface area contributed by atoms with Crippen molar-refractivity contribution in [3.05, 3.63) is 60.2 Å². The average molecular weight is 407 g/mol. The van der Waals surface area contributed by atoms with Crippen molar-refractivity contribution in [2.24, 2.45) is 0 Å². The number of methoxy groups -OCH3 is 2. The summed E-state index contributed by atoms with van der Waals surface area (Å²) < 4.78 is 10.7. The second-order valence-electron chi connectivity index (χ2n) is 6.54. The highest BCUT2D eigenvalue weighted by molar-refractivity contribution is 7.99. The van der Waals surface area contributed by atoms with E-state index in [1.54, 1.807) is 14.2 Å². The first-order valence-electron chi connectivity index (χ1n) is 9.27. The molecule has 0 saturated carbocycles. The third kappa shape index (κ3) is 4.05. The van der Waals surface area contributed by atoms with E-state index in [0.717, 1.165) is 30.0 Å². The molecule has 0 fully saturated rings. The number of hydrogen-bond acceptors (Lipinski definition) is 6. The molecule has 4 rings (SSSR count). The maximum Gasteiger partial charge on any atom is 0.237 e. The Balaban J connectivity index is 1.44. The fourth-order valence-corrected chi connectivity index (χ4v) is 4.06. The van der Waals surface area contributed by atoms with E-state index in [9.17, 15) is 4.79 Å². The summed E-state index contributed by atoms with van der Waals surface area (Å²) in [4.78, 5) is 14.5. The third-order valence-electron chi connectivity index (χ3n) is 4.85. The summed E-state index contributed by atoms with van der Waals surface area (Å²) in [6.45, 7) is 0.735. The molecule has 0 unspecified atom stereocenters. The second kappa shape index (κ2) is 8.53. The summed E-state index contributed by atoms with van der Waals surface area (Å²) in [5, 5.41) is 9.29. The zero-order valence-corrected chi connectivity index (χ0v) is 17.1. The summed E-state index contributed by atoms with van der Waals surface area (Å²) >= 11 is 1.39. The lowest BCUT2D eigenvalue weighted by Crippen LogP contribution is -2.30. The van der Waals surface area contributed by atoms with E-state index in [0.29, 0.717) is 22.2 Å². The largest absolute Gasteiger partial charge is 0.497 e. The van der Waals surface area contributed by atoms with Crippen LogP contribution in [0.4, 0.5) is 5.69 Å². The van der Waals surface area contributed by atoms with Gasteiger partial charge in [-0.3, -0.25) is 4.79 Å². The van der Waals surface area contributed by atoms with Crippen molar-refractivity contribution < 1.29 is 14.3 Å². The van der Waals surface area contributed by atoms with E-state index in [-0.39, 0.29) is 5.91 Å². The molecule has 1 aliphatic rings. The number of fused-ring (bicyclic) bond motifs is 1. The van der Waals surface area contributed by atoms with E-state index >= 15 is 0 Å². The summed E-state index contributed by atoms with van der Waals surface area (Å²) in [5.41, 5.74) is 3.73. The summed E-state index contributed by atoms with van der Waals surface area (Å²) in [7, 11) is 3.23. The molecular formula is C22H21N3O3S. The third-order valence-corrected chi connectivity index (χ3v) is 5.76. The molecule has 0 saturated heterocycles. The lowest BCUT2D eigenvalue weighted by atomic mass is 10.1. The minimum Gasteiger partial charge on any atom is -0.497 e. The molecular weight excluding hydrogens is 386 g/mol. The van der Waals surface area contributed by atoms with Crippen molar-refractivity contribution in [3.8, 4) is 22.8 Å². The molecule has 2 heterocycles. The van der Waals surface area contributed by atoms with Gasteiger partial charge in [0.2, 0.25) is 5.91 Å². The molecule has 1 aliphatic heterocycles. The number of ether oxygens (including phenoxy) is 2. The van der Waals surface area contributed by atoms with Gasteiger partial charge in [0.15, 0.2) is 0 Å². The van der Waals surface area contributed by atoms with Crippen LogP contribution in [0.25, 0.3) is 11.3 Å². The molecule has 0 bridgehead atoms. The Bertz CT molecular complexity index is 1020. The molecule has 0 aliphatic carbocycles. The van der Waals surface area contributed by atoms with Crippen LogP contribution >= 0.6 is 11.8 Å². The van der Waals surface area contributed by atoms with Gasteiger partial charge in [0, 0.05) is 17.8 Å². The number of nitrogens with zero attached hydrogens (tertiary/aromatic N) is 3. The molecule has 1 aromatic heterocycles. The molecule has 0 atom stereocenters. The molecule has 6 nitrogen and oxygen atoms in total. The summed E-state index contributed by atoms with van der Waals surface area (Å²) in [5.74, 6) is 1.83. The highest BCUT2D eigenvalue weighted by Gasteiger charge is 2.24. The molecule has 0 N–H and O–H groups in total. The molecule has 148 valence electrons. The van der Waals surface area contributed by atoms with Gasteiger partial charge in [-0.15, -0.1) is 10.2 Å². The highest BCUT2D eigenvalue weighted by Crippen LogP contribution is 2.33. The Morgan fingerprint density at radius 2 is 1.93 bits per heavy atom. The van der Waals surface area contributed by atoms with Crippen LogP contribution in [0.2, 0.25) is 0 Å². The van der Waals surface area contributed by atoms with Gasteiger partial charge in [-0.1, -0.05) is 30.0 Å². The van der Waals surface area contributed by atoms with Gasteiger partial charge >= 0.3 is 0 Å². The van der Waals surface area contributed by atoms with Crippen LogP contribution in [-0.4, -0.2) is 42.6 Å². The summed E-state index contributed by atoms with van der Waals surface area (Å²) in [6, 6.07) is 17.3. The topological polar surface area (TPSA) is 64.6 Å². The SMILES string of the molecule is COc1ccc(OC)c(-c2ccc(SCC(=O)N3CCc4ccccc43)nn2)c1. The highest BCUT2D eigenvalue weighted by atomic mass is 32.2. The maximum absolute atomic E-state index is 12.7. The number of benzene rings is 2. The van der Waals surface area contributed by atoms with E-state index in [4.69, 9.17) is 9.47 Å². The molecule has 0 spiro atoms. The molecule has 3 aromatic rings. The number of para-hydroxylation sites is 1. The van der Waals surface area contributed by atoms with Gasteiger partial charge in [0.05, 0.1) is 25.7 Å². The lowest BCUT2D eigenvalue weighted by molar-refractivity contribution is -0.116. The van der Waals surface area contributed by atoms with Crippen LogP contribution < -0.4 is 14.4 Å². The smallest absolute Gasteiger partial charge is 0.237 e. The quantitative estimate of drug-likeness (QED) is 0.579. The number of amides is 1. The number of aromatic nitrogens is 2. The Hall–Kier alpha value is -3.06. The van der Waals surface area contributed by atoms with Crippen LogP contribution in [0.1, 0.15) is 5.56 Å². The maximum atomic E-state index is 12.7. The van der Waals surface area contributed by atoms with Gasteiger partial charge in [0.1, 0.15) is 16.5 Å². The predicted octanol–water partition coefficient (Wildman–Crippen LogP) is 3.84. The normalized spacial score (nSPS) is 12.6. The first-order valence-corrected chi connectivity index (χ1v) is 10.3. The van der Waals surface area contributed by atoms with E-state index in [1.165, 1.54) is 17.3 Å². The Morgan fingerprint density at radius 3 is 2.69 bits per heavy atom. The molecule has 2 aromatic carbocycles. The van der Waals surface area contributed by atoms with Gasteiger partial charge in [0.25, 0.3) is 0 Å². The minimum atomic E-state index is 0.0836. The van der Waals surface area contributed by atoms with E-state index in [2.05, 4.69) is 16.3 Å². The van der Waals surface area contributed by atoms with Crippen LogP contribution in [0, 0.1) is 0 Å². The number of thioether (sulfide) groups is 1. The molecule has 29 heavy (non-hydrogen) atoms. The Labute approximate surface area is 173 Å². The van der Waals surface area contributed by atoms with Gasteiger partial charge in [-0.2, -0.15) is 0 Å². The first kappa shape index (κ1) is 19.3. The molecule has 0 radical (unpaired) electrons. The van der Waals surface area contributed by atoms with Crippen molar-refractivity contribution in [3.63, 3.8) is 0 Å². The lowest BCUT2D eigenvalue weighted by Gasteiger charge is -2.16. The number of anilines is 1. The Kier molecular flexibility index (Phi) is 5.67. The fraction of sp³-hybridized carbons (Fsp3) is 0.227. The van der Waals surface area contributed by atoms with Crippen LogP contribution in [0.3, 0.4) is 0 Å². The zero-order chi connectivity index (χ0) is 20.2. The zero-order valence-electron chi connectivity index (χ0n) is 16.3. The van der Waals surface area contributed by atoms with Crippen molar-refractivity contribution in [1.82, 2.24) is 10.2 Å². The molecule has 7 heteroatoms. The number of rotatable bonds is 6. The number of carbonyl (C=O) groups is 1. The number of carbonyl (C=O) groups excluding carboxylic acids is 1. The van der Waals surface area contributed by atoms with Crippen LogP contribution in [0.15, 0.2) is 59.6 Å². The molecule has 1 amide bonds. The number of hydrogen-bond donors (Lipinski definition) is 0. The predicted molar refractivity (Wildman–Crippen MR) is 114 cm³/mol. The van der Waals surface area contributed by atoms with E-state index in [1.807, 2.05) is 53.4 Å². The van der Waals surface area contributed by atoms with Crippen molar-refractivity contribution in [1.29, 1.82) is 0 Å². The van der Waals surface area contributed by atoms with E-state index < -0.39 is 0 Å². The van der Waals surface area contributed by atoms with Crippen molar-refractivity contribution in [2.45, 2.75) is 11.4 Å². The second-order valence-corrected chi connectivity index (χ2v) is 7.53. The average Bonchev–Trinajstić information content (AvgIpc) is 3.21. The van der Waals surface area contributed by atoms with Gasteiger partial charge in [-0.25, -0.2) is 0 Å². The first-order chi connectivity index (χ1) is 14.2. The van der Waals surface area contributed by atoms with Gasteiger partial charge in [-0.05, 0) is 48.4 Å². The minimum absolute atomic E-state index is 0.0836. The van der Waals surface area contributed by atoms with Crippen LogP contribution in [-0.2, 0) is 11.2 Å². The van der Waals surface area contributed by atoms with Crippen molar-refractivity contribution >= 4 is 23.4 Å². The summed E-state index contributed by atoms with van der Waals surface area (Å²) in [6.07, 6.45) is 0.906. The Morgan fingerprint density at radius 1 is 1.07 bits per heavy atom. The van der Waals surface area contributed by atoms with Crippen molar-refractivity contribution in [2.75, 3.05) is 31.4 Å². The van der Waals surface area contributed by atoms with Crippen LogP contribution in [0.5, 0.6) is 11.5 Å².